The van der Waals surface area contributed by atoms with Gasteiger partial charge in [0.15, 0.2) is 5.78 Å². The fraction of sp³-hybridized carbons (Fsp3) is 0.286. The number of hydrogen-bond donors (Lipinski definition) is 1. The smallest absolute Gasteiger partial charge is 0.240 e. The van der Waals surface area contributed by atoms with E-state index in [1.54, 1.807) is 13.0 Å². The van der Waals surface area contributed by atoms with Gasteiger partial charge in [-0.15, -0.1) is 0 Å². The Hall–Kier alpha value is -1.99. The number of nitrogens with one attached hydrogen (secondary N) is 1. The monoisotopic (exact) mass is 308 g/mol. The number of nitrogens with zero attached hydrogens (tertiary/aromatic N) is 1. The van der Waals surface area contributed by atoms with E-state index in [4.69, 9.17) is 4.52 Å². The van der Waals surface area contributed by atoms with Crippen LogP contribution in [-0.2, 0) is 16.4 Å². The van der Waals surface area contributed by atoms with Crippen LogP contribution in [0.5, 0.6) is 0 Å². The van der Waals surface area contributed by atoms with Gasteiger partial charge in [0.2, 0.25) is 10.0 Å². The normalized spacial score (nSPS) is 11.5. The number of benzene rings is 1. The van der Waals surface area contributed by atoms with E-state index in [0.29, 0.717) is 17.7 Å². The summed E-state index contributed by atoms with van der Waals surface area (Å²) in [7, 11) is -3.59. The highest BCUT2D eigenvalue weighted by Crippen LogP contribution is 2.11. The zero-order valence-corrected chi connectivity index (χ0v) is 12.6. The quantitative estimate of drug-likeness (QED) is 0.821. The third-order valence-corrected chi connectivity index (χ3v) is 4.39. The van der Waals surface area contributed by atoms with Crippen molar-refractivity contribution in [2.24, 2.45) is 0 Å². The second kappa shape index (κ2) is 6.19. The van der Waals surface area contributed by atoms with Crippen molar-refractivity contribution in [3.05, 3.63) is 47.3 Å². The summed E-state index contributed by atoms with van der Waals surface area (Å²) in [5.41, 5.74) is 1.23. The summed E-state index contributed by atoms with van der Waals surface area (Å²) < 4.78 is 31.6. The Kier molecular flexibility index (Phi) is 4.54. The van der Waals surface area contributed by atoms with Gasteiger partial charge in [0, 0.05) is 24.6 Å². The molecule has 0 amide bonds. The lowest BCUT2D eigenvalue weighted by Crippen LogP contribution is -2.25. The van der Waals surface area contributed by atoms with Crippen molar-refractivity contribution in [1.82, 2.24) is 9.88 Å². The first-order chi connectivity index (χ1) is 9.88. The molecule has 0 aliphatic heterocycles. The predicted molar refractivity (Wildman–Crippen MR) is 76.6 cm³/mol. The molecule has 0 spiro atoms. The molecule has 21 heavy (non-hydrogen) atoms. The molecule has 2 rings (SSSR count). The Morgan fingerprint density at radius 1 is 1.29 bits per heavy atom. The maximum atomic E-state index is 12.1. The van der Waals surface area contributed by atoms with E-state index in [0.717, 1.165) is 5.69 Å². The molecule has 1 aromatic carbocycles. The summed E-state index contributed by atoms with van der Waals surface area (Å²) >= 11 is 0. The van der Waals surface area contributed by atoms with Gasteiger partial charge in [-0.05, 0) is 26.0 Å². The standard InChI is InChI=1S/C14H16N2O4S/c1-10-9-13(20-16-10)7-8-15-21(18,19)14-5-3-12(4-6-14)11(2)17/h3-6,9,15H,7-8H2,1-2H3. The number of carbonyl (C=O) groups is 1. The molecule has 2 aromatic rings. The topological polar surface area (TPSA) is 89.3 Å². The lowest BCUT2D eigenvalue weighted by Gasteiger charge is -2.06. The van der Waals surface area contributed by atoms with Crippen LogP contribution >= 0.6 is 0 Å². The molecule has 0 unspecified atom stereocenters. The van der Waals surface area contributed by atoms with E-state index in [1.807, 2.05) is 0 Å². The lowest BCUT2D eigenvalue weighted by atomic mass is 10.2. The van der Waals surface area contributed by atoms with Crippen LogP contribution in [-0.4, -0.2) is 25.9 Å². The molecule has 0 saturated carbocycles. The molecule has 0 aliphatic rings. The van der Waals surface area contributed by atoms with Gasteiger partial charge >= 0.3 is 0 Å². The van der Waals surface area contributed by atoms with Crippen molar-refractivity contribution in [2.75, 3.05) is 6.54 Å². The molecule has 0 atom stereocenters. The molecule has 7 heteroatoms. The Bertz CT molecular complexity index is 733. The molecule has 6 nitrogen and oxygen atoms in total. The van der Waals surface area contributed by atoms with Gasteiger partial charge in [0.1, 0.15) is 5.76 Å². The average Bonchev–Trinajstić information content (AvgIpc) is 2.84. The average molecular weight is 308 g/mol. The van der Waals surface area contributed by atoms with Gasteiger partial charge in [-0.3, -0.25) is 4.79 Å². The van der Waals surface area contributed by atoms with Gasteiger partial charge in [-0.25, -0.2) is 13.1 Å². The fourth-order valence-corrected chi connectivity index (χ4v) is 2.83. The highest BCUT2D eigenvalue weighted by Gasteiger charge is 2.14. The summed E-state index contributed by atoms with van der Waals surface area (Å²) in [6, 6.07) is 7.58. The summed E-state index contributed by atoms with van der Waals surface area (Å²) in [5, 5.41) is 3.73. The van der Waals surface area contributed by atoms with Crippen LogP contribution in [0.4, 0.5) is 0 Å². The number of aromatic nitrogens is 1. The molecular formula is C14H16N2O4S. The van der Waals surface area contributed by atoms with Crippen LogP contribution in [0.25, 0.3) is 0 Å². The van der Waals surface area contributed by atoms with E-state index in [2.05, 4.69) is 9.88 Å². The minimum atomic E-state index is -3.59. The van der Waals surface area contributed by atoms with Gasteiger partial charge < -0.3 is 4.52 Å². The van der Waals surface area contributed by atoms with Crippen molar-refractivity contribution >= 4 is 15.8 Å². The van der Waals surface area contributed by atoms with E-state index >= 15 is 0 Å². The van der Waals surface area contributed by atoms with Gasteiger partial charge in [-0.2, -0.15) is 0 Å². The van der Waals surface area contributed by atoms with Gasteiger partial charge in [-0.1, -0.05) is 17.3 Å². The predicted octanol–water partition coefficient (Wildman–Crippen LogP) is 1.71. The third kappa shape index (κ3) is 3.99. The number of rotatable bonds is 6. The van der Waals surface area contributed by atoms with Crippen LogP contribution in [0.2, 0.25) is 0 Å². The van der Waals surface area contributed by atoms with E-state index in [1.165, 1.54) is 31.2 Å². The second-order valence-electron chi connectivity index (χ2n) is 4.66. The first-order valence-corrected chi connectivity index (χ1v) is 7.89. The fourth-order valence-electron chi connectivity index (χ4n) is 1.79. The molecule has 0 radical (unpaired) electrons. The molecule has 112 valence electrons. The summed E-state index contributed by atoms with van der Waals surface area (Å²) in [5.74, 6) is 0.523. The van der Waals surface area contributed by atoms with E-state index in [9.17, 15) is 13.2 Å². The van der Waals surface area contributed by atoms with Crippen molar-refractivity contribution in [2.45, 2.75) is 25.2 Å². The van der Waals surface area contributed by atoms with E-state index in [-0.39, 0.29) is 17.2 Å². The summed E-state index contributed by atoms with van der Waals surface area (Å²) in [6.45, 7) is 3.44. The number of sulfonamides is 1. The first-order valence-electron chi connectivity index (χ1n) is 6.41. The van der Waals surface area contributed by atoms with Crippen LogP contribution in [0.3, 0.4) is 0 Å². The number of carbonyl (C=O) groups excluding carboxylic acids is 1. The molecule has 0 fully saturated rings. The van der Waals surface area contributed by atoms with Crippen molar-refractivity contribution < 1.29 is 17.7 Å². The number of hydrogen-bond acceptors (Lipinski definition) is 5. The number of aryl methyl sites for hydroxylation is 1. The van der Waals surface area contributed by atoms with E-state index < -0.39 is 10.0 Å². The van der Waals surface area contributed by atoms with Crippen LogP contribution < -0.4 is 4.72 Å². The molecular weight excluding hydrogens is 292 g/mol. The van der Waals surface area contributed by atoms with Crippen LogP contribution in [0.15, 0.2) is 39.8 Å². The zero-order chi connectivity index (χ0) is 15.5. The Morgan fingerprint density at radius 3 is 2.48 bits per heavy atom. The molecule has 0 bridgehead atoms. The maximum absolute atomic E-state index is 12.1. The van der Waals surface area contributed by atoms with Gasteiger partial charge in [0.05, 0.1) is 10.6 Å². The first kappa shape index (κ1) is 15.4. The number of ketones is 1. The largest absolute Gasteiger partial charge is 0.361 e. The molecule has 0 aliphatic carbocycles. The highest BCUT2D eigenvalue weighted by atomic mass is 32.2. The van der Waals surface area contributed by atoms with Crippen molar-refractivity contribution in [1.29, 1.82) is 0 Å². The summed E-state index contributed by atoms with van der Waals surface area (Å²) in [4.78, 5) is 11.3. The van der Waals surface area contributed by atoms with Crippen molar-refractivity contribution in [3.63, 3.8) is 0 Å². The Balaban J connectivity index is 1.99. The second-order valence-corrected chi connectivity index (χ2v) is 6.43. The highest BCUT2D eigenvalue weighted by molar-refractivity contribution is 7.89. The molecule has 1 aromatic heterocycles. The Labute approximate surface area is 123 Å². The maximum Gasteiger partial charge on any atom is 0.240 e. The summed E-state index contributed by atoms with van der Waals surface area (Å²) in [6.07, 6.45) is 0.422. The minimum Gasteiger partial charge on any atom is -0.361 e. The minimum absolute atomic E-state index is 0.104. The third-order valence-electron chi connectivity index (χ3n) is 2.91. The molecule has 1 N–H and O–H groups in total. The lowest BCUT2D eigenvalue weighted by molar-refractivity contribution is 0.101. The Morgan fingerprint density at radius 2 is 1.95 bits per heavy atom. The molecule has 0 saturated heterocycles. The van der Waals surface area contributed by atoms with Crippen LogP contribution in [0, 0.1) is 6.92 Å². The van der Waals surface area contributed by atoms with Crippen LogP contribution in [0.1, 0.15) is 28.7 Å². The molecule has 1 heterocycles. The SMILES string of the molecule is CC(=O)c1ccc(S(=O)(=O)NCCc2cc(C)no2)cc1. The van der Waals surface area contributed by atoms with Crippen molar-refractivity contribution in [3.8, 4) is 0 Å². The number of Topliss-reactive ketones (excluding diaryl/α,β-unsaturated/α-hetero) is 1. The zero-order valence-electron chi connectivity index (χ0n) is 11.8. The van der Waals surface area contributed by atoms with Gasteiger partial charge in [0.25, 0.3) is 0 Å².